The molecule has 0 aliphatic rings. The number of nitrogens with zero attached hydrogens (tertiary/aromatic N) is 2. The predicted octanol–water partition coefficient (Wildman–Crippen LogP) is 5.16. The molecule has 11 heteroatoms. The van der Waals surface area contributed by atoms with E-state index in [9.17, 15) is 8.42 Å². The summed E-state index contributed by atoms with van der Waals surface area (Å²) in [5.74, 6) is 0.0573. The third-order valence-electron chi connectivity index (χ3n) is 4.18. The van der Waals surface area contributed by atoms with E-state index in [-0.39, 0.29) is 16.4 Å². The molecular formula is C19H18FI3N4O2S. The van der Waals surface area contributed by atoms with Crippen molar-refractivity contribution in [2.24, 2.45) is 7.05 Å². The van der Waals surface area contributed by atoms with Crippen LogP contribution in [0.15, 0.2) is 41.6 Å². The predicted molar refractivity (Wildman–Crippen MR) is 147 cm³/mol. The van der Waals surface area contributed by atoms with E-state index in [0.717, 1.165) is 7.14 Å². The molecule has 3 rings (SSSR count). The van der Waals surface area contributed by atoms with Gasteiger partial charge in [-0.15, -0.1) is 0 Å². The van der Waals surface area contributed by atoms with Crippen LogP contribution in [0, 0.1) is 23.5 Å². The average molecular weight is 766 g/mol. The van der Waals surface area contributed by atoms with E-state index in [4.69, 9.17) is 0 Å². The molecule has 0 saturated heterocycles. The summed E-state index contributed by atoms with van der Waals surface area (Å²) >= 11 is 0.913. The molecule has 160 valence electrons. The lowest BCUT2D eigenvalue weighted by atomic mass is 10.2. The summed E-state index contributed by atoms with van der Waals surface area (Å²) in [5.41, 5.74) is 0.904. The zero-order valence-electron chi connectivity index (χ0n) is 16.0. The Balaban J connectivity index is 2.09. The molecule has 3 aromatic rings. The van der Waals surface area contributed by atoms with Gasteiger partial charge in [-0.05, 0) is 59.8 Å². The maximum absolute atomic E-state index is 15.2. The largest absolute Gasteiger partial charge is 0.351 e. The number of benzene rings is 2. The van der Waals surface area contributed by atoms with Crippen molar-refractivity contribution < 1.29 is 12.8 Å². The molecule has 0 aliphatic heterocycles. The molecule has 0 aliphatic carbocycles. The Kier molecular flexibility index (Phi) is 7.66. The zero-order valence-corrected chi connectivity index (χ0v) is 23.3. The molecule has 0 saturated carbocycles. The molecule has 2 N–H and O–H groups in total. The first-order valence-electron chi connectivity index (χ1n) is 8.35. The smallest absolute Gasteiger partial charge is 0.281 e. The van der Waals surface area contributed by atoms with Crippen LogP contribution in [0.1, 0.15) is 5.82 Å². The number of aryl methyl sites for hydroxylation is 2. The Bertz CT molecular complexity index is 1240. The Labute approximate surface area is 208 Å². The summed E-state index contributed by atoms with van der Waals surface area (Å²) in [4.78, 5) is 4.07. The van der Waals surface area contributed by atoms with Gasteiger partial charge < -0.3 is 9.88 Å². The summed E-state index contributed by atoms with van der Waals surface area (Å²) < 4.78 is 55.5. The fourth-order valence-corrected chi connectivity index (χ4v) is 7.07. The number of hydrogen-bond acceptors (Lipinski definition) is 4. The van der Waals surface area contributed by atoms with Crippen LogP contribution in [0.4, 0.5) is 21.5 Å². The van der Waals surface area contributed by atoms with Crippen LogP contribution in [-0.2, 0) is 17.1 Å². The molecular weight excluding hydrogens is 748 g/mol. The van der Waals surface area contributed by atoms with Crippen molar-refractivity contribution in [2.45, 2.75) is 11.9 Å². The second-order valence-electron chi connectivity index (χ2n) is 6.14. The molecule has 0 radical (unpaired) electrons. The van der Waals surface area contributed by atoms with Gasteiger partial charge in [0.25, 0.3) is 10.0 Å². The topological polar surface area (TPSA) is 76.0 Å². The average Bonchev–Trinajstić information content (AvgIpc) is 3.05. The van der Waals surface area contributed by atoms with E-state index in [1.807, 2.05) is 18.2 Å². The molecule has 0 unspecified atom stereocenters. The monoisotopic (exact) mass is 766 g/mol. The zero-order chi connectivity index (χ0) is 22.1. The van der Waals surface area contributed by atoms with Gasteiger partial charge in [-0.25, -0.2) is 9.37 Å². The van der Waals surface area contributed by atoms with E-state index in [2.05, 4.69) is 46.6 Å². The molecule has 2 aromatic carbocycles. The first-order chi connectivity index (χ1) is 14.2. The quantitative estimate of drug-likeness (QED) is 0.326. The second-order valence-corrected chi connectivity index (χ2v) is 12.9. The molecule has 0 bridgehead atoms. The number of nitrogens with one attached hydrogen (secondary N) is 2. The van der Waals surface area contributed by atoms with E-state index < -0.39 is 57.3 Å². The highest BCUT2D eigenvalue weighted by Crippen LogP contribution is 2.35. The van der Waals surface area contributed by atoms with E-state index in [0.29, 0.717) is 15.1 Å². The maximum atomic E-state index is 15.2. The molecule has 0 atom stereocenters. The molecule has 6 nitrogen and oxygen atoms in total. The first kappa shape index (κ1) is 23.7. The Morgan fingerprint density at radius 1 is 1.13 bits per heavy atom. The van der Waals surface area contributed by atoms with Gasteiger partial charge in [-0.2, -0.15) is 8.42 Å². The molecule has 0 fully saturated rings. The highest BCUT2D eigenvalue weighted by atomic mass is 127. The van der Waals surface area contributed by atoms with E-state index in [1.54, 1.807) is 30.7 Å². The summed E-state index contributed by atoms with van der Waals surface area (Å²) in [6, 6.07) is 8.89. The van der Waals surface area contributed by atoms with Crippen LogP contribution < -0.4 is 10.0 Å². The van der Waals surface area contributed by atoms with Crippen LogP contribution in [0.5, 0.6) is 0 Å². The molecule has 1 aromatic heterocycles. The minimum Gasteiger partial charge on any atom is -0.351 e. The second kappa shape index (κ2) is 9.68. The summed E-state index contributed by atoms with van der Waals surface area (Å²) in [6.45, 7) is 1.71. The van der Waals surface area contributed by atoms with Gasteiger partial charge >= 0.3 is 0 Å². The van der Waals surface area contributed by atoms with Gasteiger partial charge in [0, 0.05) is 24.0 Å². The van der Waals surface area contributed by atoms with Gasteiger partial charge in [0.1, 0.15) is 11.5 Å². The normalized spacial score (nSPS) is 11.5. The van der Waals surface area contributed by atoms with Gasteiger partial charge in [-0.3, -0.25) is 4.72 Å². The lowest BCUT2D eigenvalue weighted by molar-refractivity contribution is 0.598. The minimum atomic E-state index is -3.99. The number of anilines is 3. The number of rotatable bonds is 7. The highest BCUT2D eigenvalue weighted by molar-refractivity contribution is 14.2. The van der Waals surface area contributed by atoms with Crippen molar-refractivity contribution in [2.75, 3.05) is 10.0 Å². The summed E-state index contributed by atoms with van der Waals surface area (Å²) in [6.07, 6.45) is 1.42. The standard InChI is InChI=1S/C19H18FI3N4O2S/c1-11-24-17(10-27(11)4)30(28,29)26-16-8-6-13(22-2)18(20)19(16)25-15-7-5-12(21)9-14(15)23-3/h5-10,25-26H,2-3H2,1,4H3. The van der Waals surface area contributed by atoms with Crippen LogP contribution >= 0.6 is 64.1 Å². The Hall–Kier alpha value is -0.940. The molecule has 0 amide bonds. The van der Waals surface area contributed by atoms with Crippen molar-refractivity contribution in [3.05, 3.63) is 58.9 Å². The lowest BCUT2D eigenvalue weighted by Gasteiger charge is -2.17. The number of aromatic nitrogens is 2. The number of sulfonamides is 1. The molecule has 1 heterocycles. The van der Waals surface area contributed by atoms with Crippen molar-refractivity contribution >= 4 is 100 Å². The minimum absolute atomic E-state index is 0.0759. The van der Waals surface area contributed by atoms with E-state index >= 15 is 4.39 Å². The highest BCUT2D eigenvalue weighted by Gasteiger charge is 2.22. The van der Waals surface area contributed by atoms with Crippen LogP contribution in [0.2, 0.25) is 0 Å². The Morgan fingerprint density at radius 3 is 2.40 bits per heavy atom. The maximum Gasteiger partial charge on any atom is 0.281 e. The number of imidazole rings is 1. The fourth-order valence-electron chi connectivity index (χ4n) is 2.55. The van der Waals surface area contributed by atoms with E-state index in [1.165, 1.54) is 6.20 Å². The molecule has 0 spiro atoms. The first-order valence-corrected chi connectivity index (χ1v) is 16.1. The third kappa shape index (κ3) is 5.09. The van der Waals surface area contributed by atoms with Gasteiger partial charge in [-0.1, -0.05) is 50.5 Å². The van der Waals surface area contributed by atoms with Crippen LogP contribution in [0.25, 0.3) is 0 Å². The Morgan fingerprint density at radius 2 is 1.80 bits per heavy atom. The fraction of sp³-hybridized carbons (Fsp3) is 0.105. The van der Waals surface area contributed by atoms with Crippen molar-refractivity contribution in [3.8, 4) is 0 Å². The third-order valence-corrected chi connectivity index (χ3v) is 9.46. The number of hydrogen-bond donors (Lipinski definition) is 2. The lowest BCUT2D eigenvalue weighted by Crippen LogP contribution is -2.15. The number of halogens is 4. The summed E-state index contributed by atoms with van der Waals surface area (Å²) in [7, 11) is -2.28. The van der Waals surface area contributed by atoms with Gasteiger partial charge in [0.2, 0.25) is 0 Å². The van der Waals surface area contributed by atoms with Gasteiger partial charge in [0.15, 0.2) is 10.8 Å². The van der Waals surface area contributed by atoms with Crippen LogP contribution in [0.3, 0.4) is 0 Å². The SMILES string of the molecule is C=Ic1cc(I)ccc1Nc1c(NS(=O)(=O)c2cn(C)c(C)n2)ccc(I=C)c1F. The van der Waals surface area contributed by atoms with Crippen molar-refractivity contribution in [3.63, 3.8) is 0 Å². The van der Waals surface area contributed by atoms with Crippen molar-refractivity contribution in [1.29, 1.82) is 0 Å². The summed E-state index contributed by atoms with van der Waals surface area (Å²) in [5, 5.41) is 2.98. The van der Waals surface area contributed by atoms with Crippen molar-refractivity contribution in [1.82, 2.24) is 9.55 Å². The van der Waals surface area contributed by atoms with Crippen LogP contribution in [-0.4, -0.2) is 27.0 Å². The molecule has 30 heavy (non-hydrogen) atoms. The van der Waals surface area contributed by atoms with Gasteiger partial charge in [0.05, 0.1) is 11.4 Å².